The van der Waals surface area contributed by atoms with Crippen molar-refractivity contribution in [1.29, 1.82) is 0 Å². The van der Waals surface area contributed by atoms with Crippen LogP contribution in [-0.2, 0) is 6.54 Å². The third-order valence-corrected chi connectivity index (χ3v) is 1.16. The highest BCUT2D eigenvalue weighted by atomic mass is 15.6. The summed E-state index contributed by atoms with van der Waals surface area (Å²) in [6.07, 6.45) is 1.01. The molecule has 0 radical (unpaired) electrons. The van der Waals surface area contributed by atoms with Crippen molar-refractivity contribution in [3.63, 3.8) is 0 Å². The first-order valence-corrected chi connectivity index (χ1v) is 3.36. The Morgan fingerprint density at radius 2 is 2.40 bits per heavy atom. The van der Waals surface area contributed by atoms with Crippen LogP contribution in [0, 0.1) is 6.92 Å². The zero-order valence-corrected chi connectivity index (χ0v) is 6.12. The molecule has 10 heavy (non-hydrogen) atoms. The van der Waals surface area contributed by atoms with Crippen LogP contribution in [0.25, 0.3) is 0 Å². The molecule has 0 aliphatic heterocycles. The SMILES string of the molecule is Cc1nnn(CCC[NH3+])n1. The third kappa shape index (κ3) is 1.77. The predicted molar refractivity (Wildman–Crippen MR) is 34.9 cm³/mol. The predicted octanol–water partition coefficient (Wildman–Crippen LogP) is -1.39. The van der Waals surface area contributed by atoms with Crippen molar-refractivity contribution in [2.24, 2.45) is 0 Å². The van der Waals surface area contributed by atoms with E-state index in [1.807, 2.05) is 6.92 Å². The van der Waals surface area contributed by atoms with Crippen LogP contribution in [-0.4, -0.2) is 26.8 Å². The molecular weight excluding hydrogens is 130 g/mol. The molecule has 5 nitrogen and oxygen atoms in total. The molecular formula is C5H12N5+. The van der Waals surface area contributed by atoms with Crippen LogP contribution in [0.5, 0.6) is 0 Å². The van der Waals surface area contributed by atoms with Gasteiger partial charge in [-0.2, -0.15) is 4.80 Å². The molecule has 0 amide bonds. The zero-order chi connectivity index (χ0) is 7.40. The van der Waals surface area contributed by atoms with Crippen molar-refractivity contribution < 1.29 is 5.73 Å². The van der Waals surface area contributed by atoms with Crippen molar-refractivity contribution >= 4 is 0 Å². The summed E-state index contributed by atoms with van der Waals surface area (Å²) in [5, 5.41) is 11.5. The van der Waals surface area contributed by atoms with Crippen molar-refractivity contribution in [2.75, 3.05) is 6.54 Å². The molecule has 0 fully saturated rings. The average Bonchev–Trinajstić information content (AvgIpc) is 2.31. The first-order valence-electron chi connectivity index (χ1n) is 3.36. The first-order chi connectivity index (χ1) is 4.83. The van der Waals surface area contributed by atoms with Crippen LogP contribution >= 0.6 is 0 Å². The molecule has 1 rings (SSSR count). The van der Waals surface area contributed by atoms with Crippen LogP contribution in [0.1, 0.15) is 12.2 Å². The highest BCUT2D eigenvalue weighted by molar-refractivity contribution is 4.66. The zero-order valence-electron chi connectivity index (χ0n) is 6.12. The fourth-order valence-electron chi connectivity index (χ4n) is 0.671. The smallest absolute Gasteiger partial charge is 0.171 e. The Labute approximate surface area is 59.2 Å². The summed E-state index contributed by atoms with van der Waals surface area (Å²) in [4.78, 5) is 1.60. The lowest BCUT2D eigenvalue weighted by Crippen LogP contribution is -2.50. The number of quaternary nitrogens is 1. The Kier molecular flexibility index (Phi) is 2.33. The van der Waals surface area contributed by atoms with Gasteiger partial charge in [-0.3, -0.25) is 0 Å². The molecule has 0 unspecified atom stereocenters. The number of hydrogen-bond acceptors (Lipinski definition) is 3. The van der Waals surface area contributed by atoms with Crippen molar-refractivity contribution in [1.82, 2.24) is 20.2 Å². The Morgan fingerprint density at radius 3 is 2.90 bits per heavy atom. The fourth-order valence-corrected chi connectivity index (χ4v) is 0.671. The lowest BCUT2D eigenvalue weighted by molar-refractivity contribution is -0.368. The summed E-state index contributed by atoms with van der Waals surface area (Å²) in [6, 6.07) is 0. The van der Waals surface area contributed by atoms with Crippen molar-refractivity contribution in [2.45, 2.75) is 19.9 Å². The molecule has 0 aliphatic carbocycles. The first kappa shape index (κ1) is 7.14. The van der Waals surface area contributed by atoms with Crippen LogP contribution in [0.2, 0.25) is 0 Å². The van der Waals surface area contributed by atoms with Crippen LogP contribution < -0.4 is 5.73 Å². The molecule has 0 atom stereocenters. The molecule has 0 bridgehead atoms. The lowest BCUT2D eigenvalue weighted by Gasteiger charge is -1.91. The van der Waals surface area contributed by atoms with Gasteiger partial charge in [0.2, 0.25) is 0 Å². The van der Waals surface area contributed by atoms with Gasteiger partial charge >= 0.3 is 0 Å². The molecule has 5 heteroatoms. The fraction of sp³-hybridized carbons (Fsp3) is 0.800. The molecule has 1 aromatic heterocycles. The van der Waals surface area contributed by atoms with Gasteiger partial charge in [-0.15, -0.1) is 10.2 Å². The summed E-state index contributed by atoms with van der Waals surface area (Å²) < 4.78 is 0. The largest absolute Gasteiger partial charge is 0.358 e. The second-order valence-corrected chi connectivity index (χ2v) is 2.14. The number of nitrogens with zero attached hydrogens (tertiary/aromatic N) is 4. The van der Waals surface area contributed by atoms with Crippen LogP contribution in [0.15, 0.2) is 0 Å². The van der Waals surface area contributed by atoms with E-state index in [2.05, 4.69) is 21.1 Å². The molecule has 1 heterocycles. The minimum Gasteiger partial charge on any atom is -0.358 e. The van der Waals surface area contributed by atoms with E-state index in [1.54, 1.807) is 4.80 Å². The van der Waals surface area contributed by atoms with E-state index < -0.39 is 0 Å². The molecule has 0 aromatic carbocycles. The van der Waals surface area contributed by atoms with E-state index in [4.69, 9.17) is 0 Å². The van der Waals surface area contributed by atoms with E-state index in [9.17, 15) is 0 Å². The van der Waals surface area contributed by atoms with Gasteiger partial charge in [-0.05, 0) is 12.1 Å². The number of aryl methyl sites for hydroxylation is 2. The molecule has 3 N–H and O–H groups in total. The number of tetrazole rings is 1. The van der Waals surface area contributed by atoms with Gasteiger partial charge in [0, 0.05) is 6.42 Å². The molecule has 0 saturated carbocycles. The summed E-state index contributed by atoms with van der Waals surface area (Å²) in [5.41, 5.74) is 3.72. The minimum atomic E-state index is 0.726. The second kappa shape index (κ2) is 3.26. The minimum absolute atomic E-state index is 0.726. The number of rotatable bonds is 3. The van der Waals surface area contributed by atoms with E-state index in [0.717, 1.165) is 25.3 Å². The van der Waals surface area contributed by atoms with Crippen molar-refractivity contribution in [3.8, 4) is 0 Å². The Morgan fingerprint density at radius 1 is 1.60 bits per heavy atom. The van der Waals surface area contributed by atoms with Gasteiger partial charge in [0.1, 0.15) is 0 Å². The van der Waals surface area contributed by atoms with Crippen LogP contribution in [0.4, 0.5) is 0 Å². The van der Waals surface area contributed by atoms with E-state index in [0.29, 0.717) is 0 Å². The van der Waals surface area contributed by atoms with Gasteiger partial charge in [-0.25, -0.2) is 0 Å². The normalized spacial score (nSPS) is 10.2. The average molecular weight is 142 g/mol. The highest BCUT2D eigenvalue weighted by Crippen LogP contribution is 1.83. The van der Waals surface area contributed by atoms with E-state index >= 15 is 0 Å². The second-order valence-electron chi connectivity index (χ2n) is 2.14. The topological polar surface area (TPSA) is 71.2 Å². The van der Waals surface area contributed by atoms with Gasteiger partial charge in [0.25, 0.3) is 0 Å². The van der Waals surface area contributed by atoms with Crippen LogP contribution in [0.3, 0.4) is 0 Å². The Balaban J connectivity index is 2.42. The maximum atomic E-state index is 4.01. The Bertz CT molecular complexity index is 194. The molecule has 0 saturated heterocycles. The molecule has 0 aliphatic rings. The molecule has 56 valence electrons. The molecule has 0 spiro atoms. The maximum absolute atomic E-state index is 4.01. The number of hydrogen-bond donors (Lipinski definition) is 1. The van der Waals surface area contributed by atoms with Gasteiger partial charge in [-0.1, -0.05) is 0 Å². The summed E-state index contributed by atoms with van der Waals surface area (Å²) in [7, 11) is 0. The molecule has 1 aromatic rings. The van der Waals surface area contributed by atoms with Gasteiger partial charge < -0.3 is 5.73 Å². The quantitative estimate of drug-likeness (QED) is 0.565. The monoisotopic (exact) mass is 142 g/mol. The highest BCUT2D eigenvalue weighted by Gasteiger charge is 1.94. The summed E-state index contributed by atoms with van der Waals surface area (Å²) in [5.74, 6) is 0.726. The van der Waals surface area contributed by atoms with E-state index in [1.165, 1.54) is 0 Å². The van der Waals surface area contributed by atoms with Crippen molar-refractivity contribution in [3.05, 3.63) is 5.82 Å². The number of aromatic nitrogens is 4. The Hall–Kier alpha value is -0.970. The summed E-state index contributed by atoms with van der Waals surface area (Å²) >= 11 is 0. The standard InChI is InChI=1S/C5H11N5/c1-5-7-9-10(8-5)4-2-3-6/h2-4,6H2,1H3/p+1. The maximum Gasteiger partial charge on any atom is 0.171 e. The third-order valence-electron chi connectivity index (χ3n) is 1.16. The lowest BCUT2D eigenvalue weighted by atomic mass is 10.4. The van der Waals surface area contributed by atoms with Gasteiger partial charge in [0.15, 0.2) is 5.82 Å². The van der Waals surface area contributed by atoms with Gasteiger partial charge in [0.05, 0.1) is 13.1 Å². The van der Waals surface area contributed by atoms with E-state index in [-0.39, 0.29) is 0 Å². The summed E-state index contributed by atoms with van der Waals surface area (Å²) in [6.45, 7) is 3.57.